The molecular formula is C17H20N5O2S2+. The number of quaternary nitrogens is 1. The maximum absolute atomic E-state index is 12.7. The summed E-state index contributed by atoms with van der Waals surface area (Å²) < 4.78 is 28.3. The monoisotopic (exact) mass is 390 g/mol. The molecule has 0 atom stereocenters. The summed E-state index contributed by atoms with van der Waals surface area (Å²) in [5, 5.41) is 1.74. The molecule has 7 nitrogen and oxygen atoms in total. The van der Waals surface area contributed by atoms with Crippen LogP contribution in [0.1, 0.15) is 0 Å². The zero-order valence-corrected chi connectivity index (χ0v) is 16.0. The number of para-hydroxylation sites is 2. The minimum atomic E-state index is -3.68. The van der Waals surface area contributed by atoms with Crippen LogP contribution in [0.25, 0.3) is 11.0 Å². The largest absolute Gasteiger partial charge is 0.342 e. The van der Waals surface area contributed by atoms with Gasteiger partial charge >= 0.3 is 0 Å². The zero-order valence-electron chi connectivity index (χ0n) is 14.3. The van der Waals surface area contributed by atoms with E-state index in [0.29, 0.717) is 11.3 Å². The SMILES string of the molecule is C[NH+]1CCN(c2nc3ccccc3nc2NS(=O)(=O)c2cccs2)CC1. The van der Waals surface area contributed by atoms with Gasteiger partial charge in [0.1, 0.15) is 4.21 Å². The molecule has 3 heterocycles. The molecule has 2 aromatic heterocycles. The number of hydrogen-bond acceptors (Lipinski definition) is 6. The fourth-order valence-corrected chi connectivity index (χ4v) is 4.97. The quantitative estimate of drug-likeness (QED) is 0.690. The summed E-state index contributed by atoms with van der Waals surface area (Å²) in [5.41, 5.74) is 1.42. The van der Waals surface area contributed by atoms with Crippen LogP contribution in [0.15, 0.2) is 46.0 Å². The van der Waals surface area contributed by atoms with E-state index in [0.717, 1.165) is 31.7 Å². The molecule has 0 saturated carbocycles. The van der Waals surface area contributed by atoms with Gasteiger partial charge in [-0.3, -0.25) is 4.72 Å². The summed E-state index contributed by atoms with van der Waals surface area (Å²) in [6, 6.07) is 10.8. The molecule has 0 radical (unpaired) electrons. The Kier molecular flexibility index (Phi) is 4.51. The van der Waals surface area contributed by atoms with E-state index in [2.05, 4.69) is 21.7 Å². The molecule has 2 N–H and O–H groups in total. The molecule has 1 fully saturated rings. The Morgan fingerprint density at radius 2 is 1.77 bits per heavy atom. The number of nitrogens with one attached hydrogen (secondary N) is 2. The van der Waals surface area contributed by atoms with Crippen molar-refractivity contribution in [3.05, 3.63) is 41.8 Å². The normalized spacial score (nSPS) is 16.1. The molecule has 0 spiro atoms. The van der Waals surface area contributed by atoms with Crippen LogP contribution in [-0.2, 0) is 10.0 Å². The third kappa shape index (κ3) is 3.37. The van der Waals surface area contributed by atoms with Crippen molar-refractivity contribution < 1.29 is 13.3 Å². The number of sulfonamides is 1. The van der Waals surface area contributed by atoms with Gasteiger partial charge in [-0.2, -0.15) is 0 Å². The Morgan fingerprint density at radius 1 is 1.08 bits per heavy atom. The molecule has 0 unspecified atom stereocenters. The van der Waals surface area contributed by atoms with Crippen molar-refractivity contribution >= 4 is 44.0 Å². The first kappa shape index (κ1) is 17.2. The number of thiophene rings is 1. The number of likely N-dealkylation sites (N-methyl/N-ethyl adjacent to an activating group) is 1. The number of hydrogen-bond donors (Lipinski definition) is 2. The van der Waals surface area contributed by atoms with Gasteiger partial charge in [0.05, 0.1) is 44.3 Å². The molecule has 0 bridgehead atoms. The van der Waals surface area contributed by atoms with E-state index in [9.17, 15) is 8.42 Å². The van der Waals surface area contributed by atoms with Crippen LogP contribution in [0.5, 0.6) is 0 Å². The van der Waals surface area contributed by atoms with Crippen molar-refractivity contribution in [2.24, 2.45) is 0 Å². The average Bonchev–Trinajstić information content (AvgIpc) is 3.17. The van der Waals surface area contributed by atoms with Crippen molar-refractivity contribution in [1.29, 1.82) is 0 Å². The smallest absolute Gasteiger partial charge is 0.272 e. The zero-order chi connectivity index (χ0) is 18.1. The molecule has 136 valence electrons. The molecule has 1 aliphatic heterocycles. The van der Waals surface area contributed by atoms with E-state index in [1.807, 2.05) is 24.3 Å². The fraction of sp³-hybridized carbons (Fsp3) is 0.294. The molecule has 0 aliphatic carbocycles. The van der Waals surface area contributed by atoms with Gasteiger partial charge in [0.15, 0.2) is 11.6 Å². The number of aromatic nitrogens is 2. The lowest BCUT2D eigenvalue weighted by Crippen LogP contribution is -3.12. The van der Waals surface area contributed by atoms with Crippen LogP contribution in [0.4, 0.5) is 11.6 Å². The van der Waals surface area contributed by atoms with E-state index < -0.39 is 10.0 Å². The second-order valence-corrected chi connectivity index (χ2v) is 9.22. The number of anilines is 2. The van der Waals surface area contributed by atoms with Crippen molar-refractivity contribution in [2.45, 2.75) is 4.21 Å². The van der Waals surface area contributed by atoms with Crippen LogP contribution < -0.4 is 14.5 Å². The lowest BCUT2D eigenvalue weighted by molar-refractivity contribution is -0.880. The maximum Gasteiger partial charge on any atom is 0.272 e. The van der Waals surface area contributed by atoms with Crippen molar-refractivity contribution in [2.75, 3.05) is 42.8 Å². The van der Waals surface area contributed by atoms with Gasteiger partial charge in [0.2, 0.25) is 0 Å². The van der Waals surface area contributed by atoms with Gasteiger partial charge in [-0.1, -0.05) is 18.2 Å². The summed E-state index contributed by atoms with van der Waals surface area (Å²) in [4.78, 5) is 12.9. The fourth-order valence-electron chi connectivity index (χ4n) is 2.97. The molecule has 0 amide bonds. The third-order valence-corrected chi connectivity index (χ3v) is 7.20. The minimum absolute atomic E-state index is 0.265. The molecule has 1 aliphatic rings. The van der Waals surface area contributed by atoms with Crippen molar-refractivity contribution in [1.82, 2.24) is 9.97 Å². The third-order valence-electron chi connectivity index (χ3n) is 4.46. The molecule has 4 rings (SSSR count). The summed E-state index contributed by atoms with van der Waals surface area (Å²) in [5.74, 6) is 0.882. The van der Waals surface area contributed by atoms with Gasteiger partial charge < -0.3 is 9.80 Å². The number of piperazine rings is 1. The second-order valence-electron chi connectivity index (χ2n) is 6.37. The highest BCUT2D eigenvalue weighted by Gasteiger charge is 2.25. The van der Waals surface area contributed by atoms with E-state index in [4.69, 9.17) is 4.98 Å². The van der Waals surface area contributed by atoms with Crippen LogP contribution >= 0.6 is 11.3 Å². The summed E-state index contributed by atoms with van der Waals surface area (Å²) in [7, 11) is -1.52. The highest BCUT2D eigenvalue weighted by atomic mass is 32.2. The van der Waals surface area contributed by atoms with Crippen LogP contribution in [-0.4, -0.2) is 51.6 Å². The van der Waals surface area contributed by atoms with Crippen LogP contribution in [0.3, 0.4) is 0 Å². The molecule has 9 heteroatoms. The van der Waals surface area contributed by atoms with Crippen molar-refractivity contribution in [3.8, 4) is 0 Å². The first-order valence-corrected chi connectivity index (χ1v) is 10.8. The number of fused-ring (bicyclic) bond motifs is 1. The predicted octanol–water partition coefficient (Wildman–Crippen LogP) is 0.827. The Bertz CT molecular complexity index is 1010. The summed E-state index contributed by atoms with van der Waals surface area (Å²) in [6.45, 7) is 3.58. The number of nitrogens with zero attached hydrogens (tertiary/aromatic N) is 3. The summed E-state index contributed by atoms with van der Waals surface area (Å²) in [6.07, 6.45) is 0. The number of rotatable bonds is 4. The van der Waals surface area contributed by atoms with Crippen molar-refractivity contribution in [3.63, 3.8) is 0 Å². The van der Waals surface area contributed by atoms with E-state index >= 15 is 0 Å². The average molecular weight is 391 g/mol. The van der Waals surface area contributed by atoms with Gasteiger partial charge in [-0.15, -0.1) is 11.3 Å². The molecule has 1 saturated heterocycles. The van der Waals surface area contributed by atoms with Gasteiger partial charge in [0.25, 0.3) is 10.0 Å². The molecule has 3 aromatic rings. The lowest BCUT2D eigenvalue weighted by atomic mass is 10.3. The first-order chi connectivity index (χ1) is 12.5. The summed E-state index contributed by atoms with van der Waals surface area (Å²) >= 11 is 1.18. The van der Waals surface area contributed by atoms with Crippen LogP contribution in [0, 0.1) is 0 Å². The predicted molar refractivity (Wildman–Crippen MR) is 103 cm³/mol. The molecule has 1 aromatic carbocycles. The minimum Gasteiger partial charge on any atom is -0.342 e. The Hall–Kier alpha value is -2.23. The lowest BCUT2D eigenvalue weighted by Gasteiger charge is -2.31. The Balaban J connectivity index is 1.77. The first-order valence-electron chi connectivity index (χ1n) is 8.42. The highest BCUT2D eigenvalue weighted by molar-refractivity contribution is 7.94. The van der Waals surface area contributed by atoms with Crippen LogP contribution in [0.2, 0.25) is 0 Å². The standard InChI is InChI=1S/C17H19N5O2S2/c1-21-8-10-22(11-9-21)17-16(18-13-5-2-3-6-14(13)19-17)20-26(23,24)15-7-4-12-25-15/h2-7,12H,8-11H2,1H3,(H,18,20)/p+1. The van der Waals surface area contributed by atoms with E-state index in [1.165, 1.54) is 16.2 Å². The second kappa shape index (κ2) is 6.82. The highest BCUT2D eigenvalue weighted by Crippen LogP contribution is 2.28. The van der Waals surface area contributed by atoms with Gasteiger partial charge in [0, 0.05) is 0 Å². The molecular weight excluding hydrogens is 370 g/mol. The van der Waals surface area contributed by atoms with Gasteiger partial charge in [-0.25, -0.2) is 18.4 Å². The Morgan fingerprint density at radius 3 is 2.42 bits per heavy atom. The topological polar surface area (TPSA) is 79.6 Å². The molecule has 26 heavy (non-hydrogen) atoms. The number of benzene rings is 1. The maximum atomic E-state index is 12.7. The Labute approximate surface area is 156 Å². The van der Waals surface area contributed by atoms with E-state index in [-0.39, 0.29) is 10.0 Å². The van der Waals surface area contributed by atoms with E-state index in [1.54, 1.807) is 17.5 Å². The van der Waals surface area contributed by atoms with Gasteiger partial charge in [-0.05, 0) is 23.6 Å².